The van der Waals surface area contributed by atoms with E-state index in [9.17, 15) is 8.42 Å². The molecule has 5 nitrogen and oxygen atoms in total. The highest BCUT2D eigenvalue weighted by molar-refractivity contribution is 7.89. The topological polar surface area (TPSA) is 81.4 Å². The maximum Gasteiger partial charge on any atom is 0.212 e. The molecule has 19 heavy (non-hydrogen) atoms. The van der Waals surface area contributed by atoms with Crippen LogP contribution in [0.2, 0.25) is 0 Å². The maximum atomic E-state index is 11.9. The molecule has 0 aliphatic rings. The van der Waals surface area contributed by atoms with Crippen molar-refractivity contribution in [1.29, 1.82) is 0 Å². The Hall–Kier alpha value is -0.950. The van der Waals surface area contributed by atoms with Crippen molar-refractivity contribution in [2.75, 3.05) is 32.1 Å². The van der Waals surface area contributed by atoms with E-state index in [1.54, 1.807) is 0 Å². The number of ether oxygens (including phenoxy) is 1. The van der Waals surface area contributed by atoms with Crippen LogP contribution in [-0.4, -0.2) is 40.5 Å². The zero-order valence-electron chi connectivity index (χ0n) is 11.2. The minimum absolute atomic E-state index is 0.0383. The van der Waals surface area contributed by atoms with E-state index in [2.05, 4.69) is 4.72 Å². The van der Waals surface area contributed by atoms with Crippen molar-refractivity contribution in [1.82, 2.24) is 4.72 Å². The molecular weight excluding hydrogens is 264 g/mol. The minimum Gasteiger partial charge on any atom is -0.379 e. The Bertz CT molecular complexity index is 448. The highest BCUT2D eigenvalue weighted by atomic mass is 32.2. The van der Waals surface area contributed by atoms with Crippen LogP contribution in [0.1, 0.15) is 18.4 Å². The van der Waals surface area contributed by atoms with Gasteiger partial charge in [-0.25, -0.2) is 13.1 Å². The normalized spacial score (nSPS) is 13.4. The van der Waals surface area contributed by atoms with Crippen LogP contribution < -0.4 is 10.5 Å². The van der Waals surface area contributed by atoms with Gasteiger partial charge < -0.3 is 10.5 Å². The highest BCUT2D eigenvalue weighted by Crippen LogP contribution is 2.15. The zero-order chi connectivity index (χ0) is 14.1. The van der Waals surface area contributed by atoms with Gasteiger partial charge in [-0.05, 0) is 11.5 Å². The van der Waals surface area contributed by atoms with E-state index in [0.717, 1.165) is 5.56 Å². The fraction of sp³-hybridized carbons (Fsp3) is 0.538. The summed E-state index contributed by atoms with van der Waals surface area (Å²) in [6.07, 6.45) is 0. The van der Waals surface area contributed by atoms with Crippen LogP contribution >= 0.6 is 0 Å². The number of benzene rings is 1. The molecule has 0 saturated heterocycles. The fourth-order valence-corrected chi connectivity index (χ4v) is 3.08. The van der Waals surface area contributed by atoms with Crippen LogP contribution in [0, 0.1) is 0 Å². The van der Waals surface area contributed by atoms with E-state index in [-0.39, 0.29) is 18.2 Å². The third-order valence-electron chi connectivity index (χ3n) is 2.67. The molecule has 0 saturated carbocycles. The van der Waals surface area contributed by atoms with Crippen molar-refractivity contribution in [3.8, 4) is 0 Å². The Balaban J connectivity index is 2.38. The molecule has 1 unspecified atom stereocenters. The molecular formula is C13H22N2O3S. The number of hydrogen-bond donors (Lipinski definition) is 2. The Kier molecular flexibility index (Phi) is 7.01. The van der Waals surface area contributed by atoms with Crippen molar-refractivity contribution < 1.29 is 13.2 Å². The first-order chi connectivity index (χ1) is 9.05. The van der Waals surface area contributed by atoms with E-state index in [1.165, 1.54) is 0 Å². The van der Waals surface area contributed by atoms with Gasteiger partial charge in [0.05, 0.1) is 19.0 Å². The van der Waals surface area contributed by atoms with Gasteiger partial charge in [0.2, 0.25) is 10.0 Å². The molecule has 0 heterocycles. The van der Waals surface area contributed by atoms with Crippen LogP contribution in [-0.2, 0) is 14.8 Å². The molecule has 0 amide bonds. The lowest BCUT2D eigenvalue weighted by atomic mass is 10.0. The van der Waals surface area contributed by atoms with Crippen LogP contribution in [0.4, 0.5) is 0 Å². The van der Waals surface area contributed by atoms with Gasteiger partial charge in [0.1, 0.15) is 0 Å². The van der Waals surface area contributed by atoms with E-state index >= 15 is 0 Å². The van der Waals surface area contributed by atoms with Gasteiger partial charge in [0.15, 0.2) is 0 Å². The molecule has 0 aliphatic heterocycles. The molecule has 3 N–H and O–H groups in total. The molecule has 0 aliphatic carbocycles. The largest absolute Gasteiger partial charge is 0.379 e. The number of rotatable bonds is 9. The molecule has 108 valence electrons. The maximum absolute atomic E-state index is 11.9. The van der Waals surface area contributed by atoms with Gasteiger partial charge in [-0.15, -0.1) is 0 Å². The summed E-state index contributed by atoms with van der Waals surface area (Å²) in [6.45, 7) is 3.42. The summed E-state index contributed by atoms with van der Waals surface area (Å²) in [6, 6.07) is 9.60. The average Bonchev–Trinajstić information content (AvgIpc) is 2.39. The van der Waals surface area contributed by atoms with Crippen LogP contribution in [0.15, 0.2) is 30.3 Å². The van der Waals surface area contributed by atoms with Crippen LogP contribution in [0.3, 0.4) is 0 Å². The molecule has 0 radical (unpaired) electrons. The monoisotopic (exact) mass is 286 g/mol. The molecule has 1 aromatic carbocycles. The molecule has 1 rings (SSSR count). The summed E-state index contributed by atoms with van der Waals surface area (Å²) < 4.78 is 31.4. The lowest BCUT2D eigenvalue weighted by Crippen LogP contribution is -2.31. The van der Waals surface area contributed by atoms with Crippen molar-refractivity contribution in [3.63, 3.8) is 0 Å². The van der Waals surface area contributed by atoms with E-state index < -0.39 is 10.0 Å². The predicted molar refractivity (Wildman–Crippen MR) is 76.5 cm³/mol. The molecule has 6 heteroatoms. The smallest absolute Gasteiger partial charge is 0.212 e. The summed E-state index contributed by atoms with van der Waals surface area (Å²) in [4.78, 5) is 0. The van der Waals surface area contributed by atoms with Crippen LogP contribution in [0.5, 0.6) is 0 Å². The summed E-state index contributed by atoms with van der Waals surface area (Å²) in [5.74, 6) is 0.0390. The van der Waals surface area contributed by atoms with Gasteiger partial charge in [-0.1, -0.05) is 37.3 Å². The Labute approximate surface area is 115 Å². The van der Waals surface area contributed by atoms with Crippen molar-refractivity contribution in [2.45, 2.75) is 12.8 Å². The second kappa shape index (κ2) is 8.27. The molecule has 0 bridgehead atoms. The number of nitrogens with two attached hydrogens (primary N) is 1. The van der Waals surface area contributed by atoms with Gasteiger partial charge in [0, 0.05) is 13.1 Å². The quantitative estimate of drug-likeness (QED) is 0.654. The fourth-order valence-electron chi connectivity index (χ4n) is 1.72. The predicted octanol–water partition coefficient (Wildman–Crippen LogP) is 0.685. The van der Waals surface area contributed by atoms with Crippen molar-refractivity contribution >= 4 is 10.0 Å². The number of nitrogens with one attached hydrogen (secondary N) is 1. The first-order valence-electron chi connectivity index (χ1n) is 6.35. The van der Waals surface area contributed by atoms with Gasteiger partial charge in [-0.2, -0.15) is 0 Å². The second-order valence-corrected chi connectivity index (χ2v) is 6.24. The molecule has 1 atom stereocenters. The van der Waals surface area contributed by atoms with Gasteiger partial charge >= 0.3 is 0 Å². The molecule has 0 spiro atoms. The van der Waals surface area contributed by atoms with E-state index in [0.29, 0.717) is 19.8 Å². The van der Waals surface area contributed by atoms with Crippen molar-refractivity contribution in [3.05, 3.63) is 35.9 Å². The van der Waals surface area contributed by atoms with Gasteiger partial charge in [-0.3, -0.25) is 0 Å². The summed E-state index contributed by atoms with van der Waals surface area (Å²) >= 11 is 0. The van der Waals surface area contributed by atoms with Crippen molar-refractivity contribution in [2.24, 2.45) is 5.73 Å². The Morgan fingerprint density at radius 1 is 1.26 bits per heavy atom. The summed E-state index contributed by atoms with van der Waals surface area (Å²) in [5, 5.41) is 0. The molecule has 1 aromatic rings. The third kappa shape index (κ3) is 6.68. The summed E-state index contributed by atoms with van der Waals surface area (Å²) in [5.41, 5.74) is 6.28. The minimum atomic E-state index is -3.28. The van der Waals surface area contributed by atoms with E-state index in [1.807, 2.05) is 37.3 Å². The molecule has 0 aromatic heterocycles. The first-order valence-corrected chi connectivity index (χ1v) is 8.00. The Morgan fingerprint density at radius 2 is 1.95 bits per heavy atom. The lowest BCUT2D eigenvalue weighted by molar-refractivity contribution is 0.147. The number of hydrogen-bond acceptors (Lipinski definition) is 4. The Morgan fingerprint density at radius 3 is 2.58 bits per heavy atom. The third-order valence-corrected chi connectivity index (χ3v) is 4.25. The lowest BCUT2D eigenvalue weighted by Gasteiger charge is -2.13. The summed E-state index contributed by atoms with van der Waals surface area (Å²) in [7, 11) is -3.28. The SMILES string of the molecule is CC(CS(=O)(=O)NCCOCCN)c1ccccc1. The second-order valence-electron chi connectivity index (χ2n) is 4.39. The standard InChI is InChI=1S/C13H22N2O3S/c1-12(13-5-3-2-4-6-13)11-19(16,17)15-8-10-18-9-7-14/h2-6,12,15H,7-11,14H2,1H3. The van der Waals surface area contributed by atoms with Gasteiger partial charge in [0.25, 0.3) is 0 Å². The highest BCUT2D eigenvalue weighted by Gasteiger charge is 2.16. The number of sulfonamides is 1. The first kappa shape index (κ1) is 16.1. The van der Waals surface area contributed by atoms with E-state index in [4.69, 9.17) is 10.5 Å². The molecule has 0 fully saturated rings. The zero-order valence-corrected chi connectivity index (χ0v) is 12.0. The average molecular weight is 286 g/mol. The van der Waals surface area contributed by atoms with Crippen LogP contribution in [0.25, 0.3) is 0 Å².